The van der Waals surface area contributed by atoms with Crippen molar-refractivity contribution in [2.75, 3.05) is 12.8 Å². The van der Waals surface area contributed by atoms with Gasteiger partial charge in [-0.3, -0.25) is 9.78 Å². The average Bonchev–Trinajstić information content (AvgIpc) is 2.27. The maximum absolute atomic E-state index is 11.7. The minimum atomic E-state index is -3.45. The summed E-state index contributed by atoms with van der Waals surface area (Å²) in [5.41, 5.74) is 0.741. The van der Waals surface area contributed by atoms with E-state index < -0.39 is 10.0 Å². The number of pyridine rings is 1. The second kappa shape index (κ2) is 6.63. The van der Waals surface area contributed by atoms with Crippen molar-refractivity contribution in [2.24, 2.45) is 0 Å². The SMILES string of the molecule is CC(C)NC(=O)CN(Cc1cccnc1)S(C)(=O)=O. The molecule has 106 valence electrons. The number of rotatable bonds is 6. The van der Waals surface area contributed by atoms with Gasteiger partial charge in [0, 0.05) is 25.0 Å². The molecule has 0 unspecified atom stereocenters. The van der Waals surface area contributed by atoms with Crippen LogP contribution in [0.1, 0.15) is 19.4 Å². The summed E-state index contributed by atoms with van der Waals surface area (Å²) < 4.78 is 24.5. The van der Waals surface area contributed by atoms with Crippen LogP contribution in [-0.4, -0.2) is 42.5 Å². The van der Waals surface area contributed by atoms with E-state index in [1.807, 2.05) is 13.8 Å². The molecule has 1 rings (SSSR count). The van der Waals surface area contributed by atoms with E-state index in [9.17, 15) is 13.2 Å². The largest absolute Gasteiger partial charge is 0.353 e. The van der Waals surface area contributed by atoms with Gasteiger partial charge in [-0.05, 0) is 25.5 Å². The number of amides is 1. The molecule has 0 fully saturated rings. The van der Waals surface area contributed by atoms with Crippen LogP contribution in [0.15, 0.2) is 24.5 Å². The lowest BCUT2D eigenvalue weighted by atomic mass is 10.3. The fourth-order valence-corrected chi connectivity index (χ4v) is 2.25. The molecule has 0 atom stereocenters. The number of aromatic nitrogens is 1. The molecule has 19 heavy (non-hydrogen) atoms. The molecule has 0 aromatic carbocycles. The van der Waals surface area contributed by atoms with Gasteiger partial charge in [0.05, 0.1) is 12.8 Å². The molecule has 0 aliphatic carbocycles. The maximum atomic E-state index is 11.7. The third kappa shape index (κ3) is 5.80. The Balaban J connectivity index is 2.77. The van der Waals surface area contributed by atoms with Crippen molar-refractivity contribution in [3.63, 3.8) is 0 Å². The van der Waals surface area contributed by atoms with Crippen LogP contribution in [0.2, 0.25) is 0 Å². The van der Waals surface area contributed by atoms with E-state index >= 15 is 0 Å². The van der Waals surface area contributed by atoms with Crippen molar-refractivity contribution in [1.82, 2.24) is 14.6 Å². The lowest BCUT2D eigenvalue weighted by Crippen LogP contribution is -2.42. The fourth-order valence-electron chi connectivity index (χ4n) is 1.51. The Bertz CT molecular complexity index is 514. The highest BCUT2D eigenvalue weighted by Crippen LogP contribution is 2.06. The van der Waals surface area contributed by atoms with Crippen molar-refractivity contribution in [3.8, 4) is 0 Å². The highest BCUT2D eigenvalue weighted by Gasteiger charge is 2.20. The summed E-state index contributed by atoms with van der Waals surface area (Å²) in [6, 6.07) is 3.47. The van der Waals surface area contributed by atoms with E-state index in [4.69, 9.17) is 0 Å². The lowest BCUT2D eigenvalue weighted by Gasteiger charge is -2.20. The maximum Gasteiger partial charge on any atom is 0.235 e. The van der Waals surface area contributed by atoms with E-state index in [0.717, 1.165) is 16.1 Å². The summed E-state index contributed by atoms with van der Waals surface area (Å²) in [5.74, 6) is -0.315. The van der Waals surface area contributed by atoms with Gasteiger partial charge in [-0.25, -0.2) is 8.42 Å². The molecule has 0 saturated carbocycles. The van der Waals surface area contributed by atoms with Crippen LogP contribution in [0.3, 0.4) is 0 Å². The number of hydrogen-bond acceptors (Lipinski definition) is 4. The Morgan fingerprint density at radius 1 is 1.47 bits per heavy atom. The van der Waals surface area contributed by atoms with Gasteiger partial charge in [0.1, 0.15) is 0 Å². The Morgan fingerprint density at radius 2 is 2.16 bits per heavy atom. The van der Waals surface area contributed by atoms with E-state index in [1.54, 1.807) is 24.5 Å². The zero-order chi connectivity index (χ0) is 14.5. The number of sulfonamides is 1. The first-order valence-electron chi connectivity index (χ1n) is 5.92. The smallest absolute Gasteiger partial charge is 0.235 e. The molecule has 0 spiro atoms. The molecule has 0 aliphatic heterocycles. The van der Waals surface area contributed by atoms with E-state index in [0.29, 0.717) is 0 Å². The van der Waals surface area contributed by atoms with Gasteiger partial charge in [-0.1, -0.05) is 6.07 Å². The van der Waals surface area contributed by atoms with Crippen LogP contribution in [0.5, 0.6) is 0 Å². The predicted molar refractivity (Wildman–Crippen MR) is 72.8 cm³/mol. The van der Waals surface area contributed by atoms with Gasteiger partial charge in [0.2, 0.25) is 15.9 Å². The van der Waals surface area contributed by atoms with Gasteiger partial charge < -0.3 is 5.32 Å². The summed E-state index contributed by atoms with van der Waals surface area (Å²) in [6.45, 7) is 3.59. The summed E-state index contributed by atoms with van der Waals surface area (Å²) >= 11 is 0. The first-order valence-corrected chi connectivity index (χ1v) is 7.77. The van der Waals surface area contributed by atoms with Gasteiger partial charge in [-0.2, -0.15) is 4.31 Å². The number of nitrogens with one attached hydrogen (secondary N) is 1. The Labute approximate surface area is 113 Å². The van der Waals surface area contributed by atoms with Gasteiger partial charge in [0.15, 0.2) is 0 Å². The predicted octanol–water partition coefficient (Wildman–Crippen LogP) is 0.368. The van der Waals surface area contributed by atoms with Crippen LogP contribution in [0.4, 0.5) is 0 Å². The van der Waals surface area contributed by atoms with Crippen LogP contribution >= 0.6 is 0 Å². The summed E-state index contributed by atoms with van der Waals surface area (Å²) in [6.07, 6.45) is 4.28. The molecule has 1 aromatic rings. The molecule has 1 N–H and O–H groups in total. The van der Waals surface area contributed by atoms with Crippen LogP contribution in [0.25, 0.3) is 0 Å². The first-order chi connectivity index (χ1) is 8.79. The highest BCUT2D eigenvalue weighted by molar-refractivity contribution is 7.88. The second-order valence-corrected chi connectivity index (χ2v) is 6.60. The zero-order valence-electron chi connectivity index (χ0n) is 11.3. The summed E-state index contributed by atoms with van der Waals surface area (Å²) in [5, 5.41) is 2.67. The van der Waals surface area contributed by atoms with Crippen LogP contribution in [-0.2, 0) is 21.4 Å². The molecule has 1 heterocycles. The van der Waals surface area contributed by atoms with Crippen LogP contribution in [0, 0.1) is 0 Å². The lowest BCUT2D eigenvalue weighted by molar-refractivity contribution is -0.121. The average molecular weight is 285 g/mol. The van der Waals surface area contributed by atoms with Gasteiger partial charge in [-0.15, -0.1) is 0 Å². The molecule has 0 radical (unpaired) electrons. The Morgan fingerprint density at radius 3 is 2.63 bits per heavy atom. The Hall–Kier alpha value is -1.47. The molecule has 0 bridgehead atoms. The molecule has 1 amide bonds. The van der Waals surface area contributed by atoms with Crippen molar-refractivity contribution < 1.29 is 13.2 Å². The van der Waals surface area contributed by atoms with E-state index in [-0.39, 0.29) is 25.0 Å². The molecular weight excluding hydrogens is 266 g/mol. The van der Waals surface area contributed by atoms with Crippen LogP contribution < -0.4 is 5.32 Å². The highest BCUT2D eigenvalue weighted by atomic mass is 32.2. The molecular formula is C12H19N3O3S. The third-order valence-electron chi connectivity index (χ3n) is 2.32. The molecule has 6 nitrogen and oxygen atoms in total. The first kappa shape index (κ1) is 15.6. The number of carbonyl (C=O) groups excluding carboxylic acids is 1. The van der Waals surface area contributed by atoms with Crippen molar-refractivity contribution in [1.29, 1.82) is 0 Å². The van der Waals surface area contributed by atoms with Gasteiger partial charge >= 0.3 is 0 Å². The number of nitrogens with zero attached hydrogens (tertiary/aromatic N) is 2. The van der Waals surface area contributed by atoms with E-state index in [2.05, 4.69) is 10.3 Å². The minimum absolute atomic E-state index is 0.0210. The topological polar surface area (TPSA) is 79.4 Å². The quantitative estimate of drug-likeness (QED) is 0.819. The zero-order valence-corrected chi connectivity index (χ0v) is 12.1. The summed E-state index contributed by atoms with van der Waals surface area (Å²) in [7, 11) is -3.45. The molecule has 1 aromatic heterocycles. The molecule has 0 saturated heterocycles. The second-order valence-electron chi connectivity index (χ2n) is 4.61. The fraction of sp³-hybridized carbons (Fsp3) is 0.500. The third-order valence-corrected chi connectivity index (χ3v) is 3.52. The summed E-state index contributed by atoms with van der Waals surface area (Å²) in [4.78, 5) is 15.6. The van der Waals surface area contributed by atoms with Gasteiger partial charge in [0.25, 0.3) is 0 Å². The molecule has 0 aliphatic rings. The number of hydrogen-bond donors (Lipinski definition) is 1. The van der Waals surface area contributed by atoms with Crippen molar-refractivity contribution in [2.45, 2.75) is 26.4 Å². The van der Waals surface area contributed by atoms with Crippen molar-refractivity contribution in [3.05, 3.63) is 30.1 Å². The number of carbonyl (C=O) groups is 1. The van der Waals surface area contributed by atoms with Crippen molar-refractivity contribution >= 4 is 15.9 Å². The monoisotopic (exact) mass is 285 g/mol. The minimum Gasteiger partial charge on any atom is -0.353 e. The normalized spacial score (nSPS) is 11.8. The van der Waals surface area contributed by atoms with E-state index in [1.165, 1.54) is 0 Å². The molecule has 7 heteroatoms. The Kier molecular flexibility index (Phi) is 5.44. The standard InChI is InChI=1S/C12H19N3O3S/c1-10(2)14-12(16)9-15(19(3,17)18)8-11-5-4-6-13-7-11/h4-7,10H,8-9H2,1-3H3,(H,14,16).